The van der Waals surface area contributed by atoms with Crippen molar-refractivity contribution in [3.05, 3.63) is 40.9 Å². The fraction of sp³-hybridized carbons (Fsp3) is 0.471. The van der Waals surface area contributed by atoms with Crippen molar-refractivity contribution < 1.29 is 0 Å². The molecule has 0 aliphatic rings. The van der Waals surface area contributed by atoms with E-state index in [0.29, 0.717) is 11.9 Å². The van der Waals surface area contributed by atoms with Crippen LogP contribution in [0, 0.1) is 0 Å². The summed E-state index contributed by atoms with van der Waals surface area (Å²) in [6.45, 7) is 8.83. The largest absolute Gasteiger partial charge is 0.297 e. The van der Waals surface area contributed by atoms with Crippen molar-refractivity contribution in [1.29, 1.82) is 0 Å². The molecule has 0 saturated heterocycles. The van der Waals surface area contributed by atoms with Crippen molar-refractivity contribution >= 4 is 22.9 Å². The zero-order chi connectivity index (χ0) is 15.2. The number of rotatable bonds is 7. The summed E-state index contributed by atoms with van der Waals surface area (Å²) in [6.07, 6.45) is 1.18. The highest BCUT2D eigenvalue weighted by Gasteiger charge is 2.11. The number of thiazole rings is 1. The van der Waals surface area contributed by atoms with Crippen molar-refractivity contribution in [2.75, 3.05) is 6.54 Å². The van der Waals surface area contributed by atoms with Gasteiger partial charge in [-0.2, -0.15) is 0 Å². The first kappa shape index (κ1) is 16.5. The van der Waals surface area contributed by atoms with Gasteiger partial charge in [-0.05, 0) is 31.5 Å². The van der Waals surface area contributed by atoms with Gasteiger partial charge in [0.15, 0.2) is 0 Å². The van der Waals surface area contributed by atoms with Crippen LogP contribution in [0.25, 0.3) is 10.6 Å². The zero-order valence-corrected chi connectivity index (χ0v) is 14.5. The average Bonchev–Trinajstić information content (AvgIpc) is 3.01. The Morgan fingerprint density at radius 2 is 2.14 bits per heavy atom. The molecule has 0 amide bonds. The molecule has 1 aromatic carbocycles. The van der Waals surface area contributed by atoms with Crippen molar-refractivity contribution in [2.24, 2.45) is 0 Å². The normalized spacial score (nSPS) is 12.8. The van der Waals surface area contributed by atoms with Crippen LogP contribution >= 0.6 is 22.9 Å². The van der Waals surface area contributed by atoms with Gasteiger partial charge in [0.25, 0.3) is 0 Å². The lowest BCUT2D eigenvalue weighted by Crippen LogP contribution is -2.31. The fourth-order valence-electron chi connectivity index (χ4n) is 2.38. The van der Waals surface area contributed by atoms with Crippen LogP contribution in [-0.4, -0.2) is 22.5 Å². The van der Waals surface area contributed by atoms with Gasteiger partial charge in [-0.3, -0.25) is 4.90 Å². The van der Waals surface area contributed by atoms with E-state index < -0.39 is 0 Å². The first-order valence-electron chi connectivity index (χ1n) is 7.51. The molecule has 1 unspecified atom stereocenters. The summed E-state index contributed by atoms with van der Waals surface area (Å²) >= 11 is 7.50. The Kier molecular flexibility index (Phi) is 6.22. The van der Waals surface area contributed by atoms with Crippen molar-refractivity contribution in [2.45, 2.75) is 45.7 Å². The second kappa shape index (κ2) is 7.92. The second-order valence-corrected chi connectivity index (χ2v) is 6.42. The summed E-state index contributed by atoms with van der Waals surface area (Å²) in [7, 11) is 0. The van der Waals surface area contributed by atoms with E-state index in [0.717, 1.165) is 23.8 Å². The summed E-state index contributed by atoms with van der Waals surface area (Å²) in [5.74, 6) is 0.480. The lowest BCUT2D eigenvalue weighted by molar-refractivity contribution is 0.206. The fourth-order valence-corrected chi connectivity index (χ4v) is 3.42. The predicted octanol–water partition coefficient (Wildman–Crippen LogP) is 5.17. The Hall–Kier alpha value is -0.900. The Morgan fingerprint density at radius 3 is 2.76 bits per heavy atom. The maximum Gasteiger partial charge on any atom is 0.123 e. The maximum absolute atomic E-state index is 5.83. The molecule has 21 heavy (non-hydrogen) atoms. The Labute approximate surface area is 136 Å². The molecule has 114 valence electrons. The Bertz CT molecular complexity index is 567. The molecule has 0 N–H and O–H groups in total. The maximum atomic E-state index is 5.83. The summed E-state index contributed by atoms with van der Waals surface area (Å²) in [5, 5.41) is 3.09. The van der Waals surface area contributed by atoms with Gasteiger partial charge < -0.3 is 0 Å². The van der Waals surface area contributed by atoms with Gasteiger partial charge in [0.05, 0.1) is 11.6 Å². The van der Waals surface area contributed by atoms with Crippen LogP contribution in [-0.2, 0) is 12.4 Å². The predicted molar refractivity (Wildman–Crippen MR) is 92.9 cm³/mol. The van der Waals surface area contributed by atoms with Gasteiger partial charge in [0.1, 0.15) is 5.01 Å². The highest BCUT2D eigenvalue weighted by molar-refractivity contribution is 7.13. The molecule has 0 aliphatic heterocycles. The van der Waals surface area contributed by atoms with E-state index in [1.54, 1.807) is 11.3 Å². The van der Waals surface area contributed by atoms with Crippen LogP contribution < -0.4 is 0 Å². The van der Waals surface area contributed by atoms with Gasteiger partial charge in [-0.25, -0.2) is 4.98 Å². The Balaban J connectivity index is 2.17. The third kappa shape index (κ3) is 4.29. The van der Waals surface area contributed by atoms with Crippen LogP contribution in [0.15, 0.2) is 29.6 Å². The molecule has 1 aromatic heterocycles. The van der Waals surface area contributed by atoms with Gasteiger partial charge in [-0.1, -0.05) is 32.0 Å². The molecule has 0 radical (unpaired) electrons. The van der Waals surface area contributed by atoms with Crippen LogP contribution in [0.3, 0.4) is 0 Å². The van der Waals surface area contributed by atoms with E-state index in [9.17, 15) is 0 Å². The first-order valence-corrected chi connectivity index (χ1v) is 8.93. The molecule has 0 bridgehead atoms. The molecule has 0 spiro atoms. The minimum atomic E-state index is 0.480. The molecule has 0 saturated carbocycles. The first-order chi connectivity index (χ1) is 10.2. The van der Waals surface area contributed by atoms with Gasteiger partial charge in [-0.15, -0.1) is 22.9 Å². The number of aromatic nitrogens is 1. The summed E-state index contributed by atoms with van der Waals surface area (Å²) in [4.78, 5) is 7.07. The number of alkyl halides is 1. The monoisotopic (exact) mass is 322 g/mol. The summed E-state index contributed by atoms with van der Waals surface area (Å²) in [6, 6.07) is 9.31. The molecule has 2 aromatic rings. The molecule has 0 fully saturated rings. The van der Waals surface area contributed by atoms with E-state index in [1.807, 2.05) is 5.38 Å². The van der Waals surface area contributed by atoms with E-state index in [4.69, 9.17) is 11.6 Å². The average molecular weight is 323 g/mol. The third-order valence-electron chi connectivity index (χ3n) is 3.87. The highest BCUT2D eigenvalue weighted by Crippen LogP contribution is 2.25. The minimum absolute atomic E-state index is 0.480. The topological polar surface area (TPSA) is 16.1 Å². The van der Waals surface area contributed by atoms with E-state index >= 15 is 0 Å². The van der Waals surface area contributed by atoms with Crippen LogP contribution in [0.5, 0.6) is 0 Å². The van der Waals surface area contributed by atoms with Crippen molar-refractivity contribution in [3.63, 3.8) is 0 Å². The molecule has 2 rings (SSSR count). The third-order valence-corrected chi connectivity index (χ3v) is 5.08. The van der Waals surface area contributed by atoms with Crippen molar-refractivity contribution in [1.82, 2.24) is 9.88 Å². The highest BCUT2D eigenvalue weighted by atomic mass is 35.5. The smallest absolute Gasteiger partial charge is 0.123 e. The second-order valence-electron chi connectivity index (χ2n) is 5.30. The van der Waals surface area contributed by atoms with Crippen LogP contribution in [0.4, 0.5) is 0 Å². The summed E-state index contributed by atoms with van der Waals surface area (Å²) < 4.78 is 0. The molecule has 1 heterocycles. The van der Waals surface area contributed by atoms with E-state index in [1.165, 1.54) is 17.5 Å². The molecule has 1 atom stereocenters. The van der Waals surface area contributed by atoms with Crippen LogP contribution in [0.1, 0.15) is 38.4 Å². The quantitative estimate of drug-likeness (QED) is 0.654. The molecular formula is C17H23ClN2S. The Morgan fingerprint density at radius 1 is 1.33 bits per heavy atom. The SMILES string of the molecule is CCC(C)N(CC)Cc1cccc(-c2nc(CCl)cs2)c1. The van der Waals surface area contributed by atoms with Gasteiger partial charge in [0.2, 0.25) is 0 Å². The summed E-state index contributed by atoms with van der Waals surface area (Å²) in [5.41, 5.74) is 3.49. The van der Waals surface area contributed by atoms with Gasteiger partial charge >= 0.3 is 0 Å². The van der Waals surface area contributed by atoms with E-state index in [-0.39, 0.29) is 0 Å². The number of hydrogen-bond acceptors (Lipinski definition) is 3. The van der Waals surface area contributed by atoms with Gasteiger partial charge in [0, 0.05) is 23.5 Å². The van der Waals surface area contributed by atoms with Crippen LogP contribution in [0.2, 0.25) is 0 Å². The lowest BCUT2D eigenvalue weighted by atomic mass is 10.1. The molecule has 0 aliphatic carbocycles. The number of benzene rings is 1. The minimum Gasteiger partial charge on any atom is -0.297 e. The number of hydrogen-bond donors (Lipinski definition) is 0. The standard InChI is InChI=1S/C17H23ClN2S/c1-4-13(3)20(5-2)11-14-7-6-8-15(9-14)17-19-16(10-18)12-21-17/h6-9,12-13H,4-5,10-11H2,1-3H3. The zero-order valence-electron chi connectivity index (χ0n) is 13.0. The molecule has 4 heteroatoms. The molecular weight excluding hydrogens is 300 g/mol. The van der Waals surface area contributed by atoms with Crippen molar-refractivity contribution in [3.8, 4) is 10.6 Å². The number of halogens is 1. The molecule has 2 nitrogen and oxygen atoms in total. The van der Waals surface area contributed by atoms with E-state index in [2.05, 4.69) is 54.9 Å². The lowest BCUT2D eigenvalue weighted by Gasteiger charge is -2.27. The number of nitrogens with zero attached hydrogens (tertiary/aromatic N) is 2.